The molecule has 1 atom stereocenters. The number of carbonyl (C=O) groups is 2. The predicted molar refractivity (Wildman–Crippen MR) is 81.8 cm³/mol. The average Bonchev–Trinajstić information content (AvgIpc) is 2.77. The zero-order valence-corrected chi connectivity index (χ0v) is 12.8. The van der Waals surface area contributed by atoms with Crippen LogP contribution in [0.3, 0.4) is 0 Å². The lowest BCUT2D eigenvalue weighted by Crippen LogP contribution is -2.47. The second-order valence-electron chi connectivity index (χ2n) is 4.81. The van der Waals surface area contributed by atoms with Crippen LogP contribution in [0.4, 0.5) is 0 Å². The number of nitrogens with one attached hydrogen (secondary N) is 1. The molecule has 21 heavy (non-hydrogen) atoms. The summed E-state index contributed by atoms with van der Waals surface area (Å²) in [5.74, 6) is -0.549. The van der Waals surface area contributed by atoms with Gasteiger partial charge in [0.15, 0.2) is 0 Å². The van der Waals surface area contributed by atoms with E-state index in [-0.39, 0.29) is 11.8 Å². The van der Waals surface area contributed by atoms with E-state index in [2.05, 4.69) is 23.6 Å². The van der Waals surface area contributed by atoms with E-state index in [9.17, 15) is 9.59 Å². The topological polar surface area (TPSA) is 67.2 Å². The van der Waals surface area contributed by atoms with Crippen molar-refractivity contribution < 1.29 is 9.59 Å². The Balaban J connectivity index is 2.72. The molecule has 1 rings (SSSR count). The van der Waals surface area contributed by atoms with E-state index in [1.165, 1.54) is 0 Å². The van der Waals surface area contributed by atoms with Gasteiger partial charge in [0.1, 0.15) is 11.7 Å². The largest absolute Gasteiger partial charge is 0.339 e. The fourth-order valence-electron chi connectivity index (χ4n) is 1.84. The van der Waals surface area contributed by atoms with Crippen LogP contribution in [0, 0.1) is 6.92 Å². The maximum atomic E-state index is 12.3. The fourth-order valence-corrected chi connectivity index (χ4v) is 1.84. The third-order valence-corrected chi connectivity index (χ3v) is 3.08. The monoisotopic (exact) mass is 290 g/mol. The Morgan fingerprint density at radius 2 is 2.00 bits per heavy atom. The quantitative estimate of drug-likeness (QED) is 0.763. The third kappa shape index (κ3) is 4.30. The molecule has 1 N–H and O–H groups in total. The second kappa shape index (κ2) is 7.42. The molecule has 0 radical (unpaired) electrons. The maximum absolute atomic E-state index is 12.3. The zero-order chi connectivity index (χ0) is 16.0. The van der Waals surface area contributed by atoms with Crippen molar-refractivity contribution in [1.82, 2.24) is 20.0 Å². The second-order valence-corrected chi connectivity index (χ2v) is 4.81. The highest BCUT2D eigenvalue weighted by atomic mass is 16.2. The molecular formula is C15H22N4O2. The van der Waals surface area contributed by atoms with Crippen molar-refractivity contribution in [2.75, 3.05) is 13.1 Å². The molecule has 0 saturated carbocycles. The summed E-state index contributed by atoms with van der Waals surface area (Å²) in [6, 6.07) is 1.04. The first-order chi connectivity index (χ1) is 9.90. The molecule has 0 spiro atoms. The molecule has 1 aromatic rings. The Morgan fingerprint density at radius 3 is 2.43 bits per heavy atom. The van der Waals surface area contributed by atoms with Crippen LogP contribution in [0.15, 0.2) is 31.4 Å². The minimum absolute atomic E-state index is 0.184. The molecule has 0 aliphatic carbocycles. The van der Waals surface area contributed by atoms with E-state index >= 15 is 0 Å². The number of nitrogens with zero attached hydrogens (tertiary/aromatic N) is 3. The molecule has 1 aromatic heterocycles. The fraction of sp³-hybridized carbons (Fsp3) is 0.400. The van der Waals surface area contributed by atoms with Crippen molar-refractivity contribution in [3.63, 3.8) is 0 Å². The first-order valence-corrected chi connectivity index (χ1v) is 6.72. The van der Waals surface area contributed by atoms with Crippen molar-refractivity contribution >= 4 is 11.8 Å². The van der Waals surface area contributed by atoms with Crippen LogP contribution in [0.2, 0.25) is 0 Å². The Bertz CT molecular complexity index is 518. The smallest absolute Gasteiger partial charge is 0.272 e. The summed E-state index contributed by atoms with van der Waals surface area (Å²) >= 11 is 0. The summed E-state index contributed by atoms with van der Waals surface area (Å²) in [7, 11) is 1.76. The molecule has 1 heterocycles. The molecule has 0 bridgehead atoms. The van der Waals surface area contributed by atoms with Crippen molar-refractivity contribution in [3.05, 3.63) is 42.8 Å². The van der Waals surface area contributed by atoms with Crippen LogP contribution in [0.25, 0.3) is 0 Å². The van der Waals surface area contributed by atoms with Crippen LogP contribution in [0.5, 0.6) is 0 Å². The minimum atomic E-state index is -0.639. The number of hydrogen-bond acceptors (Lipinski definition) is 3. The van der Waals surface area contributed by atoms with Gasteiger partial charge in [-0.3, -0.25) is 14.3 Å². The summed E-state index contributed by atoms with van der Waals surface area (Å²) in [5.41, 5.74) is 1.17. The molecule has 0 saturated heterocycles. The van der Waals surface area contributed by atoms with Gasteiger partial charge in [-0.1, -0.05) is 12.2 Å². The van der Waals surface area contributed by atoms with Gasteiger partial charge >= 0.3 is 0 Å². The van der Waals surface area contributed by atoms with Crippen molar-refractivity contribution in [2.24, 2.45) is 7.05 Å². The standard InChI is InChI=1S/C15H22N4O2/c1-6-8-19(9-7-2)15(21)12(4)16-14(20)13-10-11(3)18(5)17-13/h6-7,10,12H,1-2,8-9H2,3-5H3,(H,16,20). The molecule has 6 heteroatoms. The Morgan fingerprint density at radius 1 is 1.43 bits per heavy atom. The van der Waals surface area contributed by atoms with E-state index in [0.717, 1.165) is 5.69 Å². The molecule has 0 fully saturated rings. The highest BCUT2D eigenvalue weighted by Gasteiger charge is 2.22. The highest BCUT2D eigenvalue weighted by Crippen LogP contribution is 2.03. The number of hydrogen-bond donors (Lipinski definition) is 1. The predicted octanol–water partition coefficient (Wildman–Crippen LogP) is 1.05. The van der Waals surface area contributed by atoms with Crippen molar-refractivity contribution in [2.45, 2.75) is 19.9 Å². The maximum Gasteiger partial charge on any atom is 0.272 e. The van der Waals surface area contributed by atoms with E-state index < -0.39 is 6.04 Å². The van der Waals surface area contributed by atoms with Crippen LogP contribution in [0.1, 0.15) is 23.1 Å². The van der Waals surface area contributed by atoms with Crippen molar-refractivity contribution in [1.29, 1.82) is 0 Å². The van der Waals surface area contributed by atoms with Gasteiger partial charge in [0.2, 0.25) is 5.91 Å². The summed E-state index contributed by atoms with van der Waals surface area (Å²) < 4.78 is 1.61. The molecule has 1 unspecified atom stereocenters. The van der Waals surface area contributed by atoms with Gasteiger partial charge in [-0.25, -0.2) is 0 Å². The van der Waals surface area contributed by atoms with E-state index in [1.54, 1.807) is 41.8 Å². The molecule has 6 nitrogen and oxygen atoms in total. The van der Waals surface area contributed by atoms with Crippen LogP contribution < -0.4 is 5.32 Å². The molecular weight excluding hydrogens is 268 g/mol. The van der Waals surface area contributed by atoms with Gasteiger partial charge in [-0.05, 0) is 19.9 Å². The number of rotatable bonds is 7. The zero-order valence-electron chi connectivity index (χ0n) is 12.8. The average molecular weight is 290 g/mol. The first kappa shape index (κ1) is 16.7. The van der Waals surface area contributed by atoms with Crippen LogP contribution in [-0.4, -0.2) is 45.6 Å². The van der Waals surface area contributed by atoms with Gasteiger partial charge in [0.05, 0.1) is 0 Å². The number of carbonyl (C=O) groups excluding carboxylic acids is 2. The molecule has 0 aliphatic heterocycles. The SMILES string of the molecule is C=CCN(CC=C)C(=O)C(C)NC(=O)c1cc(C)n(C)n1. The van der Waals surface area contributed by atoms with Crippen LogP contribution in [-0.2, 0) is 11.8 Å². The lowest BCUT2D eigenvalue weighted by atomic mass is 10.2. The third-order valence-electron chi connectivity index (χ3n) is 3.08. The summed E-state index contributed by atoms with van der Waals surface area (Å²) in [4.78, 5) is 25.9. The highest BCUT2D eigenvalue weighted by molar-refractivity contribution is 5.96. The van der Waals surface area contributed by atoms with Crippen molar-refractivity contribution in [3.8, 4) is 0 Å². The normalized spacial score (nSPS) is 11.6. The van der Waals surface area contributed by atoms with E-state index in [1.807, 2.05) is 6.92 Å². The Labute approximate surface area is 125 Å². The molecule has 2 amide bonds. The number of aromatic nitrogens is 2. The molecule has 0 aliphatic rings. The van der Waals surface area contributed by atoms with Gasteiger partial charge in [-0.2, -0.15) is 5.10 Å². The summed E-state index contributed by atoms with van der Waals surface area (Å²) in [5, 5.41) is 6.75. The Kier molecular flexibility index (Phi) is 5.90. The summed E-state index contributed by atoms with van der Waals surface area (Å²) in [6.45, 7) is 11.6. The number of amides is 2. The lowest BCUT2D eigenvalue weighted by Gasteiger charge is -2.23. The molecule has 0 aromatic carbocycles. The Hall–Kier alpha value is -2.37. The summed E-state index contributed by atoms with van der Waals surface area (Å²) in [6.07, 6.45) is 3.27. The lowest BCUT2D eigenvalue weighted by molar-refractivity contribution is -0.131. The minimum Gasteiger partial charge on any atom is -0.339 e. The van der Waals surface area contributed by atoms with Gasteiger partial charge < -0.3 is 10.2 Å². The van der Waals surface area contributed by atoms with E-state index in [4.69, 9.17) is 0 Å². The van der Waals surface area contributed by atoms with E-state index in [0.29, 0.717) is 18.8 Å². The van der Waals surface area contributed by atoms with Gasteiger partial charge in [-0.15, -0.1) is 13.2 Å². The van der Waals surface area contributed by atoms with Gasteiger partial charge in [0, 0.05) is 25.8 Å². The van der Waals surface area contributed by atoms with Crippen LogP contribution >= 0.6 is 0 Å². The number of aryl methyl sites for hydroxylation is 2. The first-order valence-electron chi connectivity index (χ1n) is 6.72. The molecule has 114 valence electrons. The van der Waals surface area contributed by atoms with Gasteiger partial charge in [0.25, 0.3) is 5.91 Å².